The number of pyridine rings is 1. The summed E-state index contributed by atoms with van der Waals surface area (Å²) in [6, 6.07) is 6.20. The van der Waals surface area contributed by atoms with Crippen molar-refractivity contribution in [3.05, 3.63) is 42.4 Å². The van der Waals surface area contributed by atoms with Gasteiger partial charge >= 0.3 is 0 Å². The highest BCUT2D eigenvalue weighted by Crippen LogP contribution is 2.37. The molecule has 1 amide bonds. The summed E-state index contributed by atoms with van der Waals surface area (Å²) in [6.45, 7) is 1.76. The second kappa shape index (κ2) is 9.40. The smallest absolute Gasteiger partial charge is 0.257 e. The number of aromatic nitrogens is 5. The van der Waals surface area contributed by atoms with Crippen molar-refractivity contribution in [2.45, 2.75) is 37.1 Å². The molecule has 2 aromatic heterocycles. The third-order valence-corrected chi connectivity index (χ3v) is 7.76. The molecule has 0 aromatic carbocycles. The number of rotatable bonds is 7. The van der Waals surface area contributed by atoms with Gasteiger partial charge in [0, 0.05) is 63.9 Å². The minimum Gasteiger partial charge on any atom is -0.379 e. The summed E-state index contributed by atoms with van der Waals surface area (Å²) in [5, 5.41) is 10.7. The Morgan fingerprint density at radius 2 is 1.95 bits per heavy atom. The zero-order chi connectivity index (χ0) is 25.7. The molecule has 0 spiro atoms. The second-order valence-corrected chi connectivity index (χ2v) is 9.89. The van der Waals surface area contributed by atoms with Crippen LogP contribution in [0.15, 0.2) is 36.8 Å². The SMILES string of the molecule is CNc1cc(-c2cnc3n([C@@H]4CN(C)C[C@H]4OC)cccc2-3)nc2c(C(=O)NC3CC[C@@H]3OC)cnn12. The van der Waals surface area contributed by atoms with Crippen LogP contribution in [0.4, 0.5) is 5.82 Å². The van der Waals surface area contributed by atoms with Crippen molar-refractivity contribution in [3.63, 3.8) is 0 Å². The summed E-state index contributed by atoms with van der Waals surface area (Å²) in [5.74, 6) is 1.41. The summed E-state index contributed by atoms with van der Waals surface area (Å²) < 4.78 is 15.1. The van der Waals surface area contributed by atoms with E-state index in [2.05, 4.69) is 44.5 Å². The lowest BCUT2D eigenvalue weighted by atomic mass is 9.89. The topological polar surface area (TPSA) is 111 Å². The Bertz CT molecular complexity index is 1410. The number of nitrogens with one attached hydrogen (secondary N) is 2. The van der Waals surface area contributed by atoms with Crippen LogP contribution in [0, 0.1) is 0 Å². The average Bonchev–Trinajstić information content (AvgIpc) is 3.62. The van der Waals surface area contributed by atoms with Crippen molar-refractivity contribution in [1.29, 1.82) is 0 Å². The molecule has 0 radical (unpaired) electrons. The molecule has 1 saturated carbocycles. The molecule has 1 aliphatic carbocycles. The number of fused-ring (bicyclic) bond motifs is 2. The number of hydrogen-bond acceptors (Lipinski definition) is 8. The maximum absolute atomic E-state index is 13.2. The summed E-state index contributed by atoms with van der Waals surface area (Å²) >= 11 is 0. The first-order valence-electron chi connectivity index (χ1n) is 12.6. The predicted octanol–water partition coefficient (Wildman–Crippen LogP) is 2.15. The Hall–Kier alpha value is -3.54. The number of anilines is 1. The molecule has 11 heteroatoms. The molecule has 194 valence electrons. The minimum absolute atomic E-state index is 0.00336. The van der Waals surface area contributed by atoms with Crippen LogP contribution >= 0.6 is 0 Å². The van der Waals surface area contributed by atoms with E-state index in [4.69, 9.17) is 19.4 Å². The first-order valence-corrected chi connectivity index (χ1v) is 12.6. The van der Waals surface area contributed by atoms with E-state index in [0.717, 1.165) is 54.4 Å². The zero-order valence-corrected chi connectivity index (χ0v) is 21.5. The summed E-state index contributed by atoms with van der Waals surface area (Å²) in [4.78, 5) is 25.1. The van der Waals surface area contributed by atoms with Gasteiger partial charge in [0.15, 0.2) is 5.65 Å². The second-order valence-electron chi connectivity index (χ2n) is 9.89. The van der Waals surface area contributed by atoms with Crippen LogP contribution in [-0.4, -0.2) is 94.6 Å². The van der Waals surface area contributed by atoms with Gasteiger partial charge in [-0.05, 0) is 32.0 Å². The van der Waals surface area contributed by atoms with Crippen LogP contribution < -0.4 is 10.6 Å². The van der Waals surface area contributed by atoms with Crippen molar-refractivity contribution in [2.75, 3.05) is 46.7 Å². The third kappa shape index (κ3) is 3.94. The maximum atomic E-state index is 13.2. The molecule has 37 heavy (non-hydrogen) atoms. The predicted molar refractivity (Wildman–Crippen MR) is 139 cm³/mol. The lowest BCUT2D eigenvalue weighted by Gasteiger charge is -2.35. The van der Waals surface area contributed by atoms with Gasteiger partial charge in [-0.1, -0.05) is 0 Å². The van der Waals surface area contributed by atoms with Crippen molar-refractivity contribution in [2.24, 2.45) is 0 Å². The number of ether oxygens (including phenoxy) is 2. The molecule has 11 nitrogen and oxygen atoms in total. The normalized spacial score (nSPS) is 24.0. The molecule has 4 aliphatic rings. The van der Waals surface area contributed by atoms with Gasteiger partial charge in [-0.25, -0.2) is 9.97 Å². The first kappa shape index (κ1) is 23.8. The van der Waals surface area contributed by atoms with Gasteiger partial charge in [0.25, 0.3) is 5.91 Å². The van der Waals surface area contributed by atoms with Gasteiger partial charge < -0.3 is 29.6 Å². The number of nitrogens with zero attached hydrogens (tertiary/aromatic N) is 6. The monoisotopic (exact) mass is 504 g/mol. The van der Waals surface area contributed by atoms with E-state index in [0.29, 0.717) is 11.2 Å². The fraction of sp³-hybridized carbons (Fsp3) is 0.462. The number of carbonyl (C=O) groups is 1. The fourth-order valence-corrected chi connectivity index (χ4v) is 5.57. The van der Waals surface area contributed by atoms with Crippen molar-refractivity contribution < 1.29 is 14.3 Å². The number of amides is 1. The summed E-state index contributed by atoms with van der Waals surface area (Å²) in [5.41, 5.74) is 3.53. The van der Waals surface area contributed by atoms with E-state index >= 15 is 0 Å². The van der Waals surface area contributed by atoms with Crippen molar-refractivity contribution >= 4 is 17.4 Å². The van der Waals surface area contributed by atoms with Crippen LogP contribution in [-0.2, 0) is 9.47 Å². The summed E-state index contributed by atoms with van der Waals surface area (Å²) in [6.07, 6.45) is 7.48. The van der Waals surface area contributed by atoms with Gasteiger partial charge in [0.05, 0.1) is 36.2 Å². The lowest BCUT2D eigenvalue weighted by Crippen LogP contribution is -2.51. The molecule has 2 fully saturated rings. The van der Waals surface area contributed by atoms with Crippen LogP contribution in [0.25, 0.3) is 28.3 Å². The molecular weight excluding hydrogens is 472 g/mol. The van der Waals surface area contributed by atoms with Gasteiger partial charge in [-0.15, -0.1) is 0 Å². The molecule has 6 rings (SSSR count). The molecule has 3 aliphatic heterocycles. The Morgan fingerprint density at radius 3 is 2.68 bits per heavy atom. The van der Waals surface area contributed by atoms with Gasteiger partial charge in [-0.2, -0.15) is 9.61 Å². The van der Waals surface area contributed by atoms with E-state index < -0.39 is 0 Å². The average molecular weight is 505 g/mol. The largest absolute Gasteiger partial charge is 0.379 e. The van der Waals surface area contributed by atoms with Crippen molar-refractivity contribution in [1.82, 2.24) is 34.4 Å². The Labute approximate surface area is 215 Å². The third-order valence-electron chi connectivity index (χ3n) is 7.76. The van der Waals surface area contributed by atoms with Crippen LogP contribution in [0.5, 0.6) is 0 Å². The molecule has 0 bridgehead atoms. The molecule has 4 atom stereocenters. The molecule has 1 saturated heterocycles. The first-order chi connectivity index (χ1) is 18.0. The Morgan fingerprint density at radius 1 is 1.11 bits per heavy atom. The molecule has 5 heterocycles. The standard InChI is InChI=1S/C26H32N8O3/c1-27-23-10-19(30-25-17(12-29-34(23)25)26(35)31-18-7-8-21(18)36-3)16-11-28-24-15(16)6-5-9-33(24)20-13-32(2)14-22(20)37-4/h5-6,9-12,18,20-22,27H,7-8,13-14H2,1-4H3,(H,31,35)/t18?,20-,21+,22-/m1/s1. The Kier molecular flexibility index (Phi) is 6.06. The highest BCUT2D eigenvalue weighted by Gasteiger charge is 2.35. The van der Waals surface area contributed by atoms with E-state index in [1.807, 2.05) is 25.4 Å². The molecule has 2 aromatic rings. The quantitative estimate of drug-likeness (QED) is 0.394. The number of methoxy groups -OCH3 is 2. The van der Waals surface area contributed by atoms with Crippen LogP contribution in [0.2, 0.25) is 0 Å². The fourth-order valence-electron chi connectivity index (χ4n) is 5.57. The van der Waals surface area contributed by atoms with E-state index in [9.17, 15) is 4.79 Å². The van der Waals surface area contributed by atoms with Gasteiger partial charge in [0.1, 0.15) is 17.2 Å². The summed E-state index contributed by atoms with van der Waals surface area (Å²) in [7, 11) is 7.37. The van der Waals surface area contributed by atoms with Crippen LogP contribution in [0.3, 0.4) is 0 Å². The molecule has 2 N–H and O–H groups in total. The minimum atomic E-state index is -0.201. The highest BCUT2D eigenvalue weighted by molar-refractivity contribution is 6.00. The highest BCUT2D eigenvalue weighted by atomic mass is 16.5. The van der Waals surface area contributed by atoms with Gasteiger partial charge in [-0.3, -0.25) is 4.79 Å². The van der Waals surface area contributed by atoms with E-state index in [-0.39, 0.29) is 30.2 Å². The molecular formula is C26H32N8O3. The number of hydrogen-bond donors (Lipinski definition) is 2. The van der Waals surface area contributed by atoms with Crippen molar-refractivity contribution in [3.8, 4) is 22.6 Å². The lowest BCUT2D eigenvalue weighted by molar-refractivity contribution is 0.00732. The van der Waals surface area contributed by atoms with Gasteiger partial charge in [0.2, 0.25) is 0 Å². The van der Waals surface area contributed by atoms with Crippen LogP contribution in [0.1, 0.15) is 29.2 Å². The Balaban J connectivity index is 1.38. The van der Waals surface area contributed by atoms with E-state index in [1.165, 1.54) is 0 Å². The number of likely N-dealkylation sites (tertiary alicyclic amines) is 1. The maximum Gasteiger partial charge on any atom is 0.257 e. The number of carbonyl (C=O) groups excluding carboxylic acids is 1. The molecule has 1 unspecified atom stereocenters. The zero-order valence-electron chi connectivity index (χ0n) is 21.5. The van der Waals surface area contributed by atoms with E-state index in [1.54, 1.807) is 24.9 Å². The number of likely N-dealkylation sites (N-methyl/N-ethyl adjacent to an activating group) is 1.